The van der Waals surface area contributed by atoms with Gasteiger partial charge in [0.2, 0.25) is 5.91 Å². The lowest BCUT2D eigenvalue weighted by Crippen LogP contribution is -2.33. The number of aryl methyl sites for hydroxylation is 1. The van der Waals surface area contributed by atoms with Crippen molar-refractivity contribution in [1.29, 1.82) is 0 Å². The standard InChI is InChI=1S/C23H20FN3O3S/c1-13(21(28)26-17-8-6-16(24)7-9-17)27-14(2)25-22-20(23(27)29)19(12-31-22)15-4-10-18(30-3)11-5-15/h4-13H,1-3H3,(H,26,28). The van der Waals surface area contributed by atoms with Crippen LogP contribution in [0.4, 0.5) is 10.1 Å². The molecule has 0 aliphatic carbocycles. The van der Waals surface area contributed by atoms with E-state index in [4.69, 9.17) is 4.74 Å². The largest absolute Gasteiger partial charge is 0.497 e. The maximum atomic E-state index is 13.4. The van der Waals surface area contributed by atoms with Gasteiger partial charge in [-0.15, -0.1) is 11.3 Å². The fraction of sp³-hybridized carbons (Fsp3) is 0.174. The number of ether oxygens (including phenoxy) is 1. The van der Waals surface area contributed by atoms with Crippen molar-refractivity contribution in [3.63, 3.8) is 0 Å². The van der Waals surface area contributed by atoms with Gasteiger partial charge in [0.1, 0.15) is 28.3 Å². The molecule has 0 spiro atoms. The number of nitrogens with one attached hydrogen (secondary N) is 1. The number of nitrogens with zero attached hydrogens (tertiary/aromatic N) is 2. The summed E-state index contributed by atoms with van der Waals surface area (Å²) >= 11 is 1.39. The van der Waals surface area contributed by atoms with Crippen LogP contribution in [0.25, 0.3) is 21.3 Å². The lowest BCUT2D eigenvalue weighted by molar-refractivity contribution is -0.118. The number of carbonyl (C=O) groups excluding carboxylic acids is 1. The minimum atomic E-state index is -0.807. The second-order valence-corrected chi connectivity index (χ2v) is 7.92. The topological polar surface area (TPSA) is 73.2 Å². The third-order valence-electron chi connectivity index (χ3n) is 5.10. The maximum absolute atomic E-state index is 13.4. The molecule has 0 aliphatic heterocycles. The highest BCUT2D eigenvalue weighted by atomic mass is 32.1. The lowest BCUT2D eigenvalue weighted by atomic mass is 10.1. The first-order chi connectivity index (χ1) is 14.9. The molecule has 0 saturated carbocycles. The normalized spacial score (nSPS) is 12.0. The number of rotatable bonds is 5. The summed E-state index contributed by atoms with van der Waals surface area (Å²) in [4.78, 5) is 31.4. The molecular formula is C23H20FN3O3S. The van der Waals surface area contributed by atoms with Crippen LogP contribution in [-0.4, -0.2) is 22.6 Å². The maximum Gasteiger partial charge on any atom is 0.263 e. The number of halogens is 1. The molecule has 0 radical (unpaired) electrons. The number of carbonyl (C=O) groups is 1. The zero-order valence-corrected chi connectivity index (χ0v) is 18.0. The number of thiophene rings is 1. The van der Waals surface area contributed by atoms with Gasteiger partial charge in [-0.3, -0.25) is 14.2 Å². The average Bonchev–Trinajstić information content (AvgIpc) is 3.19. The zero-order valence-electron chi connectivity index (χ0n) is 17.2. The minimum absolute atomic E-state index is 0.281. The monoisotopic (exact) mass is 437 g/mol. The number of benzene rings is 2. The first-order valence-corrected chi connectivity index (χ1v) is 10.5. The molecule has 2 heterocycles. The number of amides is 1. The van der Waals surface area contributed by atoms with Gasteiger partial charge >= 0.3 is 0 Å². The van der Waals surface area contributed by atoms with Crippen molar-refractivity contribution in [3.8, 4) is 16.9 Å². The van der Waals surface area contributed by atoms with Crippen molar-refractivity contribution in [2.75, 3.05) is 12.4 Å². The highest BCUT2D eigenvalue weighted by Gasteiger charge is 2.22. The number of hydrogen-bond acceptors (Lipinski definition) is 5. The van der Waals surface area contributed by atoms with E-state index < -0.39 is 11.9 Å². The quantitative estimate of drug-likeness (QED) is 0.488. The molecule has 1 atom stereocenters. The van der Waals surface area contributed by atoms with Crippen molar-refractivity contribution in [2.45, 2.75) is 19.9 Å². The average molecular weight is 437 g/mol. The van der Waals surface area contributed by atoms with E-state index in [0.29, 0.717) is 21.7 Å². The highest BCUT2D eigenvalue weighted by molar-refractivity contribution is 7.17. The summed E-state index contributed by atoms with van der Waals surface area (Å²) in [5.74, 6) is 0.388. The number of methoxy groups -OCH3 is 1. The fourth-order valence-electron chi connectivity index (χ4n) is 3.44. The molecule has 1 unspecified atom stereocenters. The first kappa shape index (κ1) is 20.7. The Morgan fingerprint density at radius 1 is 1.16 bits per heavy atom. The van der Waals surface area contributed by atoms with Crippen LogP contribution < -0.4 is 15.6 Å². The molecule has 1 amide bonds. The van der Waals surface area contributed by atoms with Crippen molar-refractivity contribution < 1.29 is 13.9 Å². The molecule has 4 aromatic rings. The van der Waals surface area contributed by atoms with Gasteiger partial charge in [-0.05, 0) is 55.8 Å². The van der Waals surface area contributed by atoms with Gasteiger partial charge in [0, 0.05) is 16.6 Å². The van der Waals surface area contributed by atoms with Gasteiger partial charge < -0.3 is 10.1 Å². The van der Waals surface area contributed by atoms with E-state index >= 15 is 0 Å². The molecule has 31 heavy (non-hydrogen) atoms. The molecule has 8 heteroatoms. The molecule has 4 rings (SSSR count). The molecular weight excluding hydrogens is 417 g/mol. The first-order valence-electron chi connectivity index (χ1n) is 9.60. The molecule has 2 aromatic carbocycles. The molecule has 1 N–H and O–H groups in total. The summed E-state index contributed by atoms with van der Waals surface area (Å²) in [5.41, 5.74) is 1.80. The predicted molar refractivity (Wildman–Crippen MR) is 120 cm³/mol. The van der Waals surface area contributed by atoms with Crippen LogP contribution in [0.3, 0.4) is 0 Å². The third kappa shape index (κ3) is 3.94. The summed E-state index contributed by atoms with van der Waals surface area (Å²) < 4.78 is 19.7. The Hall–Kier alpha value is -3.52. The smallest absolute Gasteiger partial charge is 0.263 e. The third-order valence-corrected chi connectivity index (χ3v) is 5.97. The number of aromatic nitrogens is 2. The van der Waals surface area contributed by atoms with Crippen LogP contribution in [0.5, 0.6) is 5.75 Å². The fourth-order valence-corrected chi connectivity index (χ4v) is 4.42. The number of anilines is 1. The summed E-state index contributed by atoms with van der Waals surface area (Å²) in [7, 11) is 1.60. The summed E-state index contributed by atoms with van der Waals surface area (Å²) in [5, 5.41) is 5.09. The van der Waals surface area contributed by atoms with Crippen molar-refractivity contribution in [1.82, 2.24) is 9.55 Å². The van der Waals surface area contributed by atoms with Gasteiger partial charge in [-0.25, -0.2) is 9.37 Å². The molecule has 2 aromatic heterocycles. The lowest BCUT2D eigenvalue weighted by Gasteiger charge is -2.17. The van der Waals surface area contributed by atoms with Gasteiger partial charge in [0.25, 0.3) is 5.56 Å². The Morgan fingerprint density at radius 2 is 1.84 bits per heavy atom. The molecule has 158 valence electrons. The Labute approximate surface area is 181 Å². The Kier molecular flexibility index (Phi) is 5.56. The highest BCUT2D eigenvalue weighted by Crippen LogP contribution is 2.32. The van der Waals surface area contributed by atoms with Crippen LogP contribution in [0.15, 0.2) is 58.7 Å². The Morgan fingerprint density at radius 3 is 2.48 bits per heavy atom. The minimum Gasteiger partial charge on any atom is -0.497 e. The van der Waals surface area contributed by atoms with E-state index in [1.165, 1.54) is 40.2 Å². The predicted octanol–water partition coefficient (Wildman–Crippen LogP) is 4.78. The number of hydrogen-bond donors (Lipinski definition) is 1. The summed E-state index contributed by atoms with van der Waals surface area (Å²) in [6.07, 6.45) is 0. The van der Waals surface area contributed by atoms with Gasteiger partial charge in [-0.1, -0.05) is 12.1 Å². The van der Waals surface area contributed by atoms with Crippen LogP contribution in [0.1, 0.15) is 18.8 Å². The van der Waals surface area contributed by atoms with Crippen molar-refractivity contribution in [2.24, 2.45) is 0 Å². The Balaban J connectivity index is 1.74. The SMILES string of the molecule is COc1ccc(-c2csc3nc(C)n(C(C)C(=O)Nc4ccc(F)cc4)c(=O)c23)cc1. The van der Waals surface area contributed by atoms with E-state index in [-0.39, 0.29) is 11.5 Å². The molecule has 0 bridgehead atoms. The van der Waals surface area contributed by atoms with E-state index in [9.17, 15) is 14.0 Å². The van der Waals surface area contributed by atoms with Gasteiger partial charge in [0.05, 0.1) is 12.5 Å². The van der Waals surface area contributed by atoms with E-state index in [1.54, 1.807) is 21.0 Å². The summed E-state index contributed by atoms with van der Waals surface area (Å²) in [6, 6.07) is 12.1. The van der Waals surface area contributed by atoms with E-state index in [0.717, 1.165) is 16.9 Å². The van der Waals surface area contributed by atoms with Gasteiger partial charge in [0.15, 0.2) is 0 Å². The summed E-state index contributed by atoms with van der Waals surface area (Å²) in [6.45, 7) is 3.34. The molecule has 0 fully saturated rings. The van der Waals surface area contributed by atoms with E-state index in [1.807, 2.05) is 29.6 Å². The van der Waals surface area contributed by atoms with Crippen LogP contribution in [0, 0.1) is 12.7 Å². The van der Waals surface area contributed by atoms with Crippen LogP contribution >= 0.6 is 11.3 Å². The van der Waals surface area contributed by atoms with Crippen molar-refractivity contribution in [3.05, 3.63) is 75.9 Å². The van der Waals surface area contributed by atoms with Crippen LogP contribution in [-0.2, 0) is 4.79 Å². The Bertz CT molecular complexity index is 1310. The van der Waals surface area contributed by atoms with Crippen LogP contribution in [0.2, 0.25) is 0 Å². The number of fused-ring (bicyclic) bond motifs is 1. The molecule has 6 nitrogen and oxygen atoms in total. The van der Waals surface area contributed by atoms with Gasteiger partial charge in [-0.2, -0.15) is 0 Å². The second-order valence-electron chi connectivity index (χ2n) is 7.06. The van der Waals surface area contributed by atoms with E-state index in [2.05, 4.69) is 10.3 Å². The van der Waals surface area contributed by atoms with Crippen molar-refractivity contribution >= 4 is 33.1 Å². The zero-order chi connectivity index (χ0) is 22.1. The second kappa shape index (κ2) is 8.31. The molecule has 0 aliphatic rings. The molecule has 0 saturated heterocycles.